The summed E-state index contributed by atoms with van der Waals surface area (Å²) in [5, 5.41) is 23.0. The van der Waals surface area contributed by atoms with Gasteiger partial charge in [0, 0.05) is 12.8 Å². The van der Waals surface area contributed by atoms with E-state index >= 15 is 0 Å². The quantitative estimate of drug-likeness (QED) is 0.0321. The summed E-state index contributed by atoms with van der Waals surface area (Å²) in [4.78, 5) is 24.4. The van der Waals surface area contributed by atoms with Gasteiger partial charge in [-0.2, -0.15) is 0 Å². The second kappa shape index (κ2) is 54.9. The smallest absolute Gasteiger partial charge is 0.305 e. The highest BCUT2D eigenvalue weighted by Gasteiger charge is 2.18. The van der Waals surface area contributed by atoms with Gasteiger partial charge < -0.3 is 20.3 Å². The molecule has 6 nitrogen and oxygen atoms in total. The molecule has 0 bridgehead atoms. The summed E-state index contributed by atoms with van der Waals surface area (Å²) >= 11 is 0. The molecule has 0 saturated carbocycles. The van der Waals surface area contributed by atoms with Gasteiger partial charge in [-0.15, -0.1) is 0 Å². The molecule has 3 N–H and O–H groups in total. The fourth-order valence-electron chi connectivity index (χ4n) is 8.98. The number of carbonyl (C=O) groups is 2. The van der Waals surface area contributed by atoms with E-state index in [1.165, 1.54) is 250 Å². The predicted octanol–water partition coefficient (Wildman–Crippen LogP) is 17.9. The van der Waals surface area contributed by atoms with Crippen LogP contribution >= 0.6 is 0 Å². The SMILES string of the molecule is CCCCCCCCCCC/C=C/C(O)C(CO)NC(=O)CCCCCCCCCCC/C=C\CCCCCCCCCCCCCCOC(=O)CCCCCCCCCCCCCC. The largest absolute Gasteiger partial charge is 0.466 e. The third kappa shape index (κ3) is 51.6. The summed E-state index contributed by atoms with van der Waals surface area (Å²) in [6.45, 7) is 4.90. The normalized spacial score (nSPS) is 12.7. The maximum atomic E-state index is 12.4. The molecule has 0 aromatic rings. The Hall–Kier alpha value is -1.66. The molecular weight excluding hydrogens is 803 g/mol. The van der Waals surface area contributed by atoms with Crippen LogP contribution in [0, 0.1) is 0 Å². The van der Waals surface area contributed by atoms with Gasteiger partial charge in [-0.3, -0.25) is 9.59 Å². The van der Waals surface area contributed by atoms with Crippen molar-refractivity contribution in [1.82, 2.24) is 5.32 Å². The number of hydrogen-bond donors (Lipinski definition) is 3. The van der Waals surface area contributed by atoms with E-state index in [0.29, 0.717) is 19.4 Å². The zero-order chi connectivity index (χ0) is 47.2. The molecular formula is C59H113NO5. The minimum absolute atomic E-state index is 0.0136. The molecule has 0 fully saturated rings. The molecule has 0 aliphatic carbocycles. The Morgan fingerprint density at radius 1 is 0.415 bits per heavy atom. The minimum atomic E-state index is -0.844. The Balaban J connectivity index is 3.39. The van der Waals surface area contributed by atoms with Gasteiger partial charge in [-0.25, -0.2) is 0 Å². The van der Waals surface area contributed by atoms with E-state index in [4.69, 9.17) is 4.74 Å². The monoisotopic (exact) mass is 916 g/mol. The van der Waals surface area contributed by atoms with E-state index in [2.05, 4.69) is 31.3 Å². The molecule has 0 aromatic carbocycles. The first-order valence-electron chi connectivity index (χ1n) is 29.1. The molecule has 0 heterocycles. The van der Waals surface area contributed by atoms with E-state index in [1.807, 2.05) is 6.08 Å². The molecule has 0 rings (SSSR count). The second-order valence-electron chi connectivity index (χ2n) is 20.0. The average Bonchev–Trinajstić information content (AvgIpc) is 3.31. The Morgan fingerprint density at radius 3 is 1.09 bits per heavy atom. The first-order chi connectivity index (χ1) is 32.0. The van der Waals surface area contributed by atoms with Crippen molar-refractivity contribution >= 4 is 11.9 Å². The standard InChI is InChI=1S/C59H113NO5/c1-3-5-7-9-11-13-15-33-37-41-45-49-53-59(64)65-54-50-46-42-38-34-30-28-26-24-22-20-18-16-17-19-21-23-25-27-29-32-36-40-44-48-52-58(63)60-56(55-61)57(62)51-47-43-39-35-31-14-12-10-8-6-4-2/h17,19,47,51,56-57,61-62H,3-16,18,20-46,48-50,52-55H2,1-2H3,(H,60,63)/b19-17-,51-47+. The van der Waals surface area contributed by atoms with Crippen molar-refractivity contribution in [3.8, 4) is 0 Å². The molecule has 6 heteroatoms. The summed E-state index contributed by atoms with van der Waals surface area (Å²) in [7, 11) is 0. The second-order valence-corrected chi connectivity index (χ2v) is 20.0. The summed E-state index contributed by atoms with van der Waals surface area (Å²) in [6, 6.07) is -0.628. The van der Waals surface area contributed by atoms with Gasteiger partial charge in [-0.05, 0) is 57.8 Å². The molecule has 1 amide bonds. The molecule has 0 radical (unpaired) electrons. The Labute approximate surface area is 405 Å². The topological polar surface area (TPSA) is 95.9 Å². The third-order valence-electron chi connectivity index (χ3n) is 13.5. The summed E-state index contributed by atoms with van der Waals surface area (Å²) in [6.07, 6.45) is 66.4. The maximum absolute atomic E-state index is 12.4. The number of ether oxygens (including phenoxy) is 1. The number of allylic oxidation sites excluding steroid dienone is 3. The number of nitrogens with one attached hydrogen (secondary N) is 1. The summed E-state index contributed by atoms with van der Waals surface area (Å²) in [5.74, 6) is -0.0582. The number of aliphatic hydroxyl groups is 2. The molecule has 0 spiro atoms. The number of esters is 1. The highest BCUT2D eigenvalue weighted by atomic mass is 16.5. The number of amides is 1. The van der Waals surface area contributed by atoms with Gasteiger partial charge in [0.25, 0.3) is 0 Å². The lowest BCUT2D eigenvalue weighted by atomic mass is 10.0. The van der Waals surface area contributed by atoms with E-state index in [0.717, 1.165) is 38.5 Å². The van der Waals surface area contributed by atoms with Crippen LogP contribution in [0.2, 0.25) is 0 Å². The van der Waals surface area contributed by atoms with Crippen molar-refractivity contribution < 1.29 is 24.5 Å². The van der Waals surface area contributed by atoms with Gasteiger partial charge in [0.1, 0.15) is 0 Å². The van der Waals surface area contributed by atoms with Crippen LogP contribution in [0.5, 0.6) is 0 Å². The van der Waals surface area contributed by atoms with E-state index in [-0.39, 0.29) is 18.5 Å². The van der Waals surface area contributed by atoms with Gasteiger partial charge in [-0.1, -0.05) is 269 Å². The summed E-state index contributed by atoms with van der Waals surface area (Å²) in [5.41, 5.74) is 0. The predicted molar refractivity (Wildman–Crippen MR) is 283 cm³/mol. The number of rotatable bonds is 54. The molecule has 0 aliphatic heterocycles. The van der Waals surface area contributed by atoms with Gasteiger partial charge in [0.15, 0.2) is 0 Å². The van der Waals surface area contributed by atoms with E-state index in [1.54, 1.807) is 6.08 Å². The van der Waals surface area contributed by atoms with Crippen molar-refractivity contribution in [2.75, 3.05) is 13.2 Å². The van der Waals surface area contributed by atoms with Crippen molar-refractivity contribution in [3.63, 3.8) is 0 Å². The third-order valence-corrected chi connectivity index (χ3v) is 13.5. The van der Waals surface area contributed by atoms with Crippen LogP contribution in [-0.4, -0.2) is 47.4 Å². The van der Waals surface area contributed by atoms with Crippen LogP contribution in [-0.2, 0) is 14.3 Å². The highest BCUT2D eigenvalue weighted by molar-refractivity contribution is 5.76. The van der Waals surface area contributed by atoms with Crippen LogP contribution in [0.3, 0.4) is 0 Å². The van der Waals surface area contributed by atoms with E-state index in [9.17, 15) is 19.8 Å². The maximum Gasteiger partial charge on any atom is 0.305 e. The number of aliphatic hydroxyl groups excluding tert-OH is 2. The minimum Gasteiger partial charge on any atom is -0.466 e. The Morgan fingerprint density at radius 2 is 0.723 bits per heavy atom. The Bertz CT molecular complexity index is 1010. The number of hydrogen-bond acceptors (Lipinski definition) is 5. The van der Waals surface area contributed by atoms with Crippen molar-refractivity contribution in [2.24, 2.45) is 0 Å². The fourth-order valence-corrected chi connectivity index (χ4v) is 8.98. The molecule has 65 heavy (non-hydrogen) atoms. The average molecular weight is 917 g/mol. The van der Waals surface area contributed by atoms with Crippen molar-refractivity contribution in [1.29, 1.82) is 0 Å². The molecule has 2 unspecified atom stereocenters. The van der Waals surface area contributed by atoms with Crippen LogP contribution in [0.25, 0.3) is 0 Å². The van der Waals surface area contributed by atoms with Gasteiger partial charge in [0.2, 0.25) is 5.91 Å². The lowest BCUT2D eigenvalue weighted by Crippen LogP contribution is -2.45. The lowest BCUT2D eigenvalue weighted by molar-refractivity contribution is -0.143. The molecule has 0 aliphatic rings. The first kappa shape index (κ1) is 63.3. The van der Waals surface area contributed by atoms with E-state index < -0.39 is 12.1 Å². The number of carbonyl (C=O) groups excluding carboxylic acids is 2. The van der Waals surface area contributed by atoms with Gasteiger partial charge in [0.05, 0.1) is 25.4 Å². The Kier molecular flexibility index (Phi) is 53.5. The molecule has 384 valence electrons. The molecule has 0 saturated heterocycles. The van der Waals surface area contributed by atoms with Crippen molar-refractivity contribution in [2.45, 2.75) is 328 Å². The highest BCUT2D eigenvalue weighted by Crippen LogP contribution is 2.17. The molecule has 2 atom stereocenters. The lowest BCUT2D eigenvalue weighted by Gasteiger charge is -2.20. The van der Waals surface area contributed by atoms with Crippen LogP contribution in [0.1, 0.15) is 316 Å². The molecule has 0 aromatic heterocycles. The van der Waals surface area contributed by atoms with Crippen LogP contribution in [0.15, 0.2) is 24.3 Å². The first-order valence-corrected chi connectivity index (χ1v) is 29.1. The van der Waals surface area contributed by atoms with Crippen molar-refractivity contribution in [3.05, 3.63) is 24.3 Å². The number of unbranched alkanes of at least 4 members (excludes halogenated alkanes) is 41. The summed E-state index contributed by atoms with van der Waals surface area (Å²) < 4.78 is 5.47. The van der Waals surface area contributed by atoms with Crippen LogP contribution < -0.4 is 5.32 Å². The zero-order valence-corrected chi connectivity index (χ0v) is 43.7. The van der Waals surface area contributed by atoms with Crippen LogP contribution in [0.4, 0.5) is 0 Å². The fraction of sp³-hybridized carbons (Fsp3) is 0.898. The zero-order valence-electron chi connectivity index (χ0n) is 43.7. The van der Waals surface area contributed by atoms with Gasteiger partial charge >= 0.3 is 5.97 Å².